The van der Waals surface area contributed by atoms with Gasteiger partial charge in [0.25, 0.3) is 0 Å². The molecular formula is C112H119N25O6. The van der Waals surface area contributed by atoms with Crippen LogP contribution in [0.1, 0.15) is 79.2 Å². The smallest absolute Gasteiger partial charge is 0.229 e. The molecular weight excluding hydrogens is 1790 g/mol. The Kier molecular flexibility index (Phi) is 25.6. The van der Waals surface area contributed by atoms with Crippen molar-refractivity contribution in [3.05, 3.63) is 241 Å². The molecule has 5 aliphatic heterocycles. The minimum atomic E-state index is 0.0643. The van der Waals surface area contributed by atoms with E-state index >= 15 is 0 Å². The number of nitrogens with zero attached hydrogens (tertiary/aromatic N) is 11. The van der Waals surface area contributed by atoms with Gasteiger partial charge in [0.05, 0.1) is 35.1 Å². The van der Waals surface area contributed by atoms with Crippen molar-refractivity contribution in [2.75, 3.05) is 141 Å². The second-order valence-corrected chi connectivity index (χ2v) is 40.7. The number of piperidine rings is 1. The molecule has 11 atom stereocenters. The summed E-state index contributed by atoms with van der Waals surface area (Å²) >= 11 is 0. The Bertz CT molecular complexity index is 6830. The van der Waals surface area contributed by atoms with E-state index in [2.05, 4.69) is 168 Å². The molecule has 31 heteroatoms. The molecule has 728 valence electrons. The molecule has 143 heavy (non-hydrogen) atoms. The van der Waals surface area contributed by atoms with Crippen LogP contribution in [0.4, 0.5) is 58.2 Å². The molecule has 5 aromatic carbocycles. The molecule has 10 aromatic heterocycles. The van der Waals surface area contributed by atoms with Gasteiger partial charge in [-0.05, 0) is 261 Å². The van der Waals surface area contributed by atoms with Crippen LogP contribution in [-0.4, -0.2) is 170 Å². The molecule has 15 aromatic rings. The van der Waals surface area contributed by atoms with Crippen molar-refractivity contribution in [3.8, 4) is 56.3 Å². The van der Waals surface area contributed by atoms with E-state index in [1.165, 1.54) is 0 Å². The molecule has 5 aliphatic carbocycles. The number of carbonyl (C=O) groups excluding carboxylic acids is 5. The zero-order valence-corrected chi connectivity index (χ0v) is 81.1. The predicted octanol–water partition coefficient (Wildman–Crippen LogP) is 15.5. The number of nitrogens with two attached hydrogens (primary N) is 5. The third-order valence-corrected chi connectivity index (χ3v) is 31.4. The first-order chi connectivity index (χ1) is 69.3. The molecule has 31 nitrogen and oxygen atoms in total. The quantitative estimate of drug-likeness (QED) is 0.0379. The molecule has 15 heterocycles. The van der Waals surface area contributed by atoms with Gasteiger partial charge in [-0.15, -0.1) is 0 Å². The van der Waals surface area contributed by atoms with E-state index in [1.54, 1.807) is 38.1 Å². The van der Waals surface area contributed by atoms with Crippen molar-refractivity contribution in [2.45, 2.75) is 86.0 Å². The summed E-state index contributed by atoms with van der Waals surface area (Å²) in [6.45, 7) is 21.7. The summed E-state index contributed by atoms with van der Waals surface area (Å²) in [6, 6.07) is 59.9. The van der Waals surface area contributed by atoms with Gasteiger partial charge in [0.2, 0.25) is 29.5 Å². The number of aromatic nitrogens is 10. The maximum Gasteiger partial charge on any atom is 0.229 e. The van der Waals surface area contributed by atoms with Crippen LogP contribution < -0.4 is 76.5 Å². The van der Waals surface area contributed by atoms with Gasteiger partial charge in [-0.25, -0.2) is 49.8 Å². The summed E-state index contributed by atoms with van der Waals surface area (Å²) in [5.74, 6) is 6.68. The van der Waals surface area contributed by atoms with Gasteiger partial charge in [0.15, 0.2) is 0 Å². The van der Waals surface area contributed by atoms with Gasteiger partial charge < -0.3 is 86.2 Å². The van der Waals surface area contributed by atoms with Crippen molar-refractivity contribution < 1.29 is 28.7 Å². The molecule has 5 saturated heterocycles. The number of nitrogens with one attached hydrogen (secondary N) is 9. The number of fused-ring (bicyclic) bond motifs is 6. The topological polar surface area (TPSA) is 465 Å². The van der Waals surface area contributed by atoms with E-state index in [0.717, 1.165) is 268 Å². The van der Waals surface area contributed by atoms with Crippen LogP contribution in [0.15, 0.2) is 213 Å². The highest BCUT2D eigenvalue weighted by atomic mass is 16.5. The lowest BCUT2D eigenvalue weighted by Gasteiger charge is -2.18. The largest absolute Gasteiger partial charge is 0.383 e. The van der Waals surface area contributed by atoms with Crippen molar-refractivity contribution in [2.24, 2.45) is 63.1 Å². The van der Waals surface area contributed by atoms with Crippen LogP contribution in [0.2, 0.25) is 0 Å². The number of aryl methyl sites for hydroxylation is 5. The average Bonchev–Trinajstić information content (AvgIpc) is 1.63. The Labute approximate surface area is 828 Å². The highest BCUT2D eigenvalue weighted by molar-refractivity contribution is 6.05. The zero-order valence-electron chi connectivity index (χ0n) is 81.1. The predicted molar refractivity (Wildman–Crippen MR) is 565 cm³/mol. The third-order valence-electron chi connectivity index (χ3n) is 31.4. The first kappa shape index (κ1) is 94.3. The van der Waals surface area contributed by atoms with Crippen LogP contribution in [0.5, 0.6) is 0 Å². The highest BCUT2D eigenvalue weighted by Gasteiger charge is 2.63. The first-order valence-corrected chi connectivity index (χ1v) is 49.5. The van der Waals surface area contributed by atoms with Crippen LogP contribution in [0, 0.1) is 97.7 Å². The number of hydrogen-bond acceptors (Lipinski definition) is 26. The summed E-state index contributed by atoms with van der Waals surface area (Å²) in [5, 5.41) is 37.0. The van der Waals surface area contributed by atoms with E-state index in [9.17, 15) is 24.0 Å². The second kappa shape index (κ2) is 38.8. The van der Waals surface area contributed by atoms with Crippen LogP contribution in [-0.2, 0) is 28.7 Å². The molecule has 4 spiro atoms. The van der Waals surface area contributed by atoms with Crippen molar-refractivity contribution in [1.82, 2.24) is 76.0 Å². The van der Waals surface area contributed by atoms with Crippen LogP contribution in [0.25, 0.3) is 110 Å². The Morgan fingerprint density at radius 2 is 0.559 bits per heavy atom. The fourth-order valence-corrected chi connectivity index (χ4v) is 22.5. The number of likely N-dealkylation sites (tertiary alicyclic amines) is 1. The van der Waals surface area contributed by atoms with E-state index in [-0.39, 0.29) is 80.8 Å². The lowest BCUT2D eigenvalue weighted by Crippen LogP contribution is -2.30. The number of nitrogen functional groups attached to an aromatic ring is 5. The van der Waals surface area contributed by atoms with Crippen molar-refractivity contribution >= 4 is 142 Å². The lowest BCUT2D eigenvalue weighted by atomic mass is 10.0. The molecule has 25 rings (SSSR count). The SMILES string of the molecule is COCCN1C[C@@H]2C(C(=O)Nc3cc4cc(-c5ccccc5C)nc(N)c4cn3)[C@@H]2C1.Cc1ccccc1-c1cc2cc(NC(=O)[C@@H]3C[C@@]34CCNC4)ncc2c(N)n1.Cc1ccccc1-c1cc2cc(NC(=O)[C@@H]3C[C@]34CCNC4)ncc2c(N)n1.Cc1ccccc1-c1cc2cc(NC(=O)[C@H]3C[C@@]34CCNC4)ncc2c(N)n1.Cc1ccccc1-c1cc2cc(NC(=O)[C@H]3C[C@]34CCNC4)ncc2c(N)n1. The Hall–Kier alpha value is -15.0. The molecule has 0 radical (unpaired) electrons. The maximum absolute atomic E-state index is 12.8. The monoisotopic (exact) mass is 1910 g/mol. The Morgan fingerprint density at radius 3 is 0.769 bits per heavy atom. The number of hydrogen-bond donors (Lipinski definition) is 14. The standard InChI is InChI=1S/C24H27N5O2.4C22H23N5O/c1-14-5-3-4-6-16(14)20-9-15-10-21(26-11-17(15)23(25)27-20)28-24(30)22-18-12-29(7-8-31-2)13-19(18)22;4*1-13-4-2-3-5-15(13)18-8-14-9-19(25-11-16(14)20(23)26-18)27-21(28)17-10-22(17)6-7-24-12-22/h3-6,9-11,18-19,22H,7-8,12-13H2,1-2H3,(H2,25,27)(H,26,28,30);4*2-5,8-9,11,17,24H,6-7,10,12H2,1H3,(H2,23,26)(H,25,27,28)/t18-,19+,22?;2*17-,22+;2*17-,22-/m.1010/s1. The molecule has 5 saturated carbocycles. The van der Waals surface area contributed by atoms with Gasteiger partial charge in [-0.3, -0.25) is 24.0 Å². The third kappa shape index (κ3) is 19.5. The summed E-state index contributed by atoms with van der Waals surface area (Å²) in [6.07, 6.45) is 16.6. The fraction of sp³-hybridized carbons (Fsp3) is 0.330. The minimum Gasteiger partial charge on any atom is -0.383 e. The molecule has 10 fully saturated rings. The number of carbonyl (C=O) groups is 5. The minimum absolute atomic E-state index is 0.0643. The van der Waals surface area contributed by atoms with Gasteiger partial charge >= 0.3 is 0 Å². The summed E-state index contributed by atoms with van der Waals surface area (Å²) in [4.78, 5) is 111. The van der Waals surface area contributed by atoms with Crippen LogP contribution >= 0.6 is 0 Å². The van der Waals surface area contributed by atoms with Gasteiger partial charge in [-0.2, -0.15) is 0 Å². The molecule has 19 N–H and O–H groups in total. The summed E-state index contributed by atoms with van der Waals surface area (Å²) in [5.41, 5.74) is 46.7. The Morgan fingerprint density at radius 1 is 0.336 bits per heavy atom. The second-order valence-electron chi connectivity index (χ2n) is 40.7. The average molecular weight is 1910 g/mol. The maximum atomic E-state index is 12.8. The number of benzene rings is 5. The van der Waals surface area contributed by atoms with Gasteiger partial charge in [-0.1, -0.05) is 121 Å². The highest BCUT2D eigenvalue weighted by Crippen LogP contribution is 2.60. The van der Waals surface area contributed by atoms with Crippen molar-refractivity contribution in [3.63, 3.8) is 0 Å². The number of amides is 5. The number of rotatable bonds is 18. The number of pyridine rings is 10. The lowest BCUT2D eigenvalue weighted by molar-refractivity contribution is -0.119. The van der Waals surface area contributed by atoms with Gasteiger partial charge in [0.1, 0.15) is 58.2 Å². The Balaban J connectivity index is 0.000000106. The molecule has 1 unspecified atom stereocenters. The molecule has 0 bridgehead atoms. The molecule has 5 amide bonds. The summed E-state index contributed by atoms with van der Waals surface area (Å²) in [7, 11) is 1.72. The number of methoxy groups -OCH3 is 1. The number of ether oxygens (including phenoxy) is 1. The molecule has 10 aliphatic rings. The van der Waals surface area contributed by atoms with Crippen LogP contribution in [0.3, 0.4) is 0 Å². The first-order valence-electron chi connectivity index (χ1n) is 49.5. The fourth-order valence-electron chi connectivity index (χ4n) is 22.5. The van der Waals surface area contributed by atoms with E-state index in [4.69, 9.17) is 33.4 Å². The van der Waals surface area contributed by atoms with E-state index in [1.807, 2.05) is 152 Å². The van der Waals surface area contributed by atoms with E-state index < -0.39 is 0 Å². The number of anilines is 10. The zero-order chi connectivity index (χ0) is 98.7. The van der Waals surface area contributed by atoms with E-state index in [0.29, 0.717) is 70.0 Å². The van der Waals surface area contributed by atoms with Crippen molar-refractivity contribution in [1.29, 1.82) is 0 Å². The normalized spacial score (nSPS) is 23.1. The summed E-state index contributed by atoms with van der Waals surface area (Å²) < 4.78 is 5.15. The van der Waals surface area contributed by atoms with Gasteiger partial charge in [0, 0.05) is 168 Å².